The van der Waals surface area contributed by atoms with Crippen LogP contribution in [-0.4, -0.2) is 25.0 Å². The van der Waals surface area contributed by atoms with Crippen LogP contribution in [0.3, 0.4) is 0 Å². The van der Waals surface area contributed by atoms with Gasteiger partial charge in [-0.3, -0.25) is 0 Å². The molecule has 2 rings (SSSR count). The van der Waals surface area contributed by atoms with Crippen LogP contribution < -0.4 is 5.73 Å². The zero-order valence-electron chi connectivity index (χ0n) is 9.60. The van der Waals surface area contributed by atoms with Crippen LogP contribution in [0.25, 0.3) is 11.4 Å². The van der Waals surface area contributed by atoms with E-state index in [9.17, 15) is 0 Å². The Morgan fingerprint density at radius 3 is 2.69 bits per heavy atom. The molecule has 0 aliphatic heterocycles. The number of rotatable bonds is 2. The first kappa shape index (κ1) is 10.5. The van der Waals surface area contributed by atoms with Crippen LogP contribution in [-0.2, 0) is 13.5 Å². The highest BCUT2D eigenvalue weighted by molar-refractivity contribution is 5.59. The molecule has 16 heavy (non-hydrogen) atoms. The minimum atomic E-state index is 0.395. The van der Waals surface area contributed by atoms with Gasteiger partial charge >= 0.3 is 0 Å². The van der Waals surface area contributed by atoms with E-state index in [1.165, 1.54) is 0 Å². The van der Waals surface area contributed by atoms with Gasteiger partial charge in [-0.15, -0.1) is 5.10 Å². The molecule has 2 aromatic rings. The van der Waals surface area contributed by atoms with Gasteiger partial charge in [0, 0.05) is 12.6 Å². The van der Waals surface area contributed by atoms with Gasteiger partial charge in [-0.25, -0.2) is 4.68 Å². The fourth-order valence-corrected chi connectivity index (χ4v) is 1.48. The molecule has 0 aliphatic carbocycles. The van der Waals surface area contributed by atoms with Gasteiger partial charge in [0.1, 0.15) is 0 Å². The van der Waals surface area contributed by atoms with Crippen molar-refractivity contribution in [3.63, 3.8) is 0 Å². The maximum atomic E-state index is 5.66. The molecule has 2 aromatic heterocycles. The largest absolute Gasteiger partial charge is 0.368 e. The van der Waals surface area contributed by atoms with Crippen molar-refractivity contribution in [2.24, 2.45) is 7.05 Å². The van der Waals surface area contributed by atoms with Crippen molar-refractivity contribution in [1.82, 2.24) is 25.0 Å². The number of nitrogen functional groups attached to an aromatic ring is 1. The van der Waals surface area contributed by atoms with E-state index in [-0.39, 0.29) is 0 Å². The van der Waals surface area contributed by atoms with Crippen molar-refractivity contribution < 1.29 is 0 Å². The fourth-order valence-electron chi connectivity index (χ4n) is 1.48. The molecular formula is C10H14N6. The molecule has 0 fully saturated rings. The van der Waals surface area contributed by atoms with Crippen LogP contribution in [0, 0.1) is 6.92 Å². The molecule has 0 radical (unpaired) electrons. The zero-order chi connectivity index (χ0) is 11.7. The summed E-state index contributed by atoms with van der Waals surface area (Å²) in [6, 6.07) is 1.93. The Morgan fingerprint density at radius 2 is 2.12 bits per heavy atom. The number of aryl methyl sites for hydroxylation is 3. The van der Waals surface area contributed by atoms with E-state index in [1.54, 1.807) is 11.7 Å². The van der Waals surface area contributed by atoms with Crippen molar-refractivity contribution in [2.75, 3.05) is 5.73 Å². The van der Waals surface area contributed by atoms with E-state index in [0.29, 0.717) is 11.8 Å². The number of hydrogen-bond acceptors (Lipinski definition) is 5. The molecular weight excluding hydrogens is 204 g/mol. The lowest BCUT2D eigenvalue weighted by Crippen LogP contribution is -1.99. The van der Waals surface area contributed by atoms with Crippen LogP contribution >= 0.6 is 0 Å². The Morgan fingerprint density at radius 1 is 1.38 bits per heavy atom. The number of nitrogens with zero attached hydrogens (tertiary/aromatic N) is 5. The molecule has 0 unspecified atom stereocenters. The molecule has 6 heteroatoms. The summed E-state index contributed by atoms with van der Waals surface area (Å²) in [5.74, 6) is 1.00. The topological polar surface area (TPSA) is 82.5 Å². The molecule has 0 spiro atoms. The Balaban J connectivity index is 2.57. The second-order valence-electron chi connectivity index (χ2n) is 3.62. The quantitative estimate of drug-likeness (QED) is 0.803. The first-order chi connectivity index (χ1) is 7.61. The number of anilines is 1. The van der Waals surface area contributed by atoms with Gasteiger partial charge in [-0.05, 0) is 19.4 Å². The zero-order valence-corrected chi connectivity index (χ0v) is 9.60. The van der Waals surface area contributed by atoms with Crippen LogP contribution in [0.15, 0.2) is 6.07 Å². The van der Waals surface area contributed by atoms with Crippen molar-refractivity contribution in [3.05, 3.63) is 17.5 Å². The molecule has 2 N–H and O–H groups in total. The van der Waals surface area contributed by atoms with Crippen molar-refractivity contribution in [3.8, 4) is 11.4 Å². The Bertz CT molecular complexity index is 497. The maximum absolute atomic E-state index is 5.66. The highest BCUT2D eigenvalue weighted by Crippen LogP contribution is 2.20. The molecule has 0 atom stereocenters. The summed E-state index contributed by atoms with van der Waals surface area (Å²) in [5.41, 5.74) is 8.30. The van der Waals surface area contributed by atoms with E-state index in [4.69, 9.17) is 5.73 Å². The summed E-state index contributed by atoms with van der Waals surface area (Å²) < 4.78 is 1.55. The van der Waals surface area contributed by atoms with Gasteiger partial charge in [0.05, 0.1) is 11.4 Å². The van der Waals surface area contributed by atoms with E-state index < -0.39 is 0 Å². The summed E-state index contributed by atoms with van der Waals surface area (Å²) >= 11 is 0. The van der Waals surface area contributed by atoms with Crippen LogP contribution in [0.4, 0.5) is 5.95 Å². The second kappa shape index (κ2) is 3.88. The van der Waals surface area contributed by atoms with Crippen LogP contribution in [0.1, 0.15) is 18.3 Å². The predicted octanol–water partition coefficient (Wildman–Crippen LogP) is 0.725. The first-order valence-electron chi connectivity index (χ1n) is 5.12. The van der Waals surface area contributed by atoms with E-state index >= 15 is 0 Å². The highest BCUT2D eigenvalue weighted by atomic mass is 15.4. The second-order valence-corrected chi connectivity index (χ2v) is 3.62. The summed E-state index contributed by atoms with van der Waals surface area (Å²) in [4.78, 5) is 4.19. The number of nitrogens with two attached hydrogens (primary N) is 1. The Kier molecular flexibility index (Phi) is 2.55. The summed E-state index contributed by atoms with van der Waals surface area (Å²) in [6.45, 7) is 3.91. The molecule has 2 heterocycles. The summed E-state index contributed by atoms with van der Waals surface area (Å²) in [7, 11) is 1.76. The molecule has 84 valence electrons. The summed E-state index contributed by atoms with van der Waals surface area (Å²) in [5, 5.41) is 12.4. The van der Waals surface area contributed by atoms with Gasteiger partial charge in [-0.2, -0.15) is 15.2 Å². The average molecular weight is 218 g/mol. The molecule has 0 amide bonds. The smallest absolute Gasteiger partial charge is 0.218 e. The van der Waals surface area contributed by atoms with Crippen molar-refractivity contribution >= 4 is 5.95 Å². The van der Waals surface area contributed by atoms with Gasteiger partial charge in [0.2, 0.25) is 5.95 Å². The van der Waals surface area contributed by atoms with Gasteiger partial charge in [0.15, 0.2) is 5.82 Å². The third-order valence-corrected chi connectivity index (χ3v) is 2.37. The Labute approximate surface area is 93.5 Å². The van der Waals surface area contributed by atoms with E-state index in [2.05, 4.69) is 20.3 Å². The van der Waals surface area contributed by atoms with E-state index in [0.717, 1.165) is 23.4 Å². The molecule has 6 nitrogen and oxygen atoms in total. The van der Waals surface area contributed by atoms with E-state index in [1.807, 2.05) is 19.9 Å². The van der Waals surface area contributed by atoms with Gasteiger partial charge < -0.3 is 5.73 Å². The number of hydrogen-bond donors (Lipinski definition) is 1. The fraction of sp³-hybridized carbons (Fsp3) is 0.400. The third-order valence-electron chi connectivity index (χ3n) is 2.37. The van der Waals surface area contributed by atoms with Crippen molar-refractivity contribution in [1.29, 1.82) is 0 Å². The molecule has 0 saturated heterocycles. The lowest BCUT2D eigenvalue weighted by atomic mass is 10.1. The minimum absolute atomic E-state index is 0.395. The average Bonchev–Trinajstić information content (AvgIpc) is 2.59. The monoisotopic (exact) mass is 218 g/mol. The SMILES string of the molecule is CCc1nnc(C)cc1-c1nc(N)n(C)n1. The first-order valence-corrected chi connectivity index (χ1v) is 5.12. The minimum Gasteiger partial charge on any atom is -0.368 e. The van der Waals surface area contributed by atoms with Crippen LogP contribution in [0.5, 0.6) is 0 Å². The van der Waals surface area contributed by atoms with Crippen molar-refractivity contribution in [2.45, 2.75) is 20.3 Å². The Hall–Kier alpha value is -1.98. The van der Waals surface area contributed by atoms with Gasteiger partial charge in [-0.1, -0.05) is 6.92 Å². The molecule has 0 saturated carbocycles. The highest BCUT2D eigenvalue weighted by Gasteiger charge is 2.12. The lowest BCUT2D eigenvalue weighted by Gasteiger charge is -2.02. The maximum Gasteiger partial charge on any atom is 0.218 e. The number of aromatic nitrogens is 5. The lowest BCUT2D eigenvalue weighted by molar-refractivity contribution is 0.779. The normalized spacial score (nSPS) is 10.7. The standard InChI is InChI=1S/C10H14N6/c1-4-8-7(5-6(2)13-14-8)9-12-10(11)16(3)15-9/h5H,4H2,1-3H3,(H2,11,12,15). The predicted molar refractivity (Wildman–Crippen MR) is 60.6 cm³/mol. The summed E-state index contributed by atoms with van der Waals surface area (Å²) in [6.07, 6.45) is 0.792. The molecule has 0 aromatic carbocycles. The third kappa shape index (κ3) is 1.73. The molecule has 0 aliphatic rings. The van der Waals surface area contributed by atoms with Gasteiger partial charge in [0.25, 0.3) is 0 Å². The van der Waals surface area contributed by atoms with Crippen LogP contribution in [0.2, 0.25) is 0 Å². The molecule has 0 bridgehead atoms.